The number of amides is 1. The molecule has 0 N–H and O–H groups in total. The van der Waals surface area contributed by atoms with Crippen LogP contribution in [-0.4, -0.2) is 20.3 Å². The average Bonchev–Trinajstić information content (AvgIpc) is 3.05. The number of hydrogen-bond donors (Lipinski definition) is 0. The van der Waals surface area contributed by atoms with E-state index in [1.807, 2.05) is 36.7 Å². The highest BCUT2D eigenvalue weighted by molar-refractivity contribution is 9.10. The lowest BCUT2D eigenvalue weighted by atomic mass is 10.3. The highest BCUT2D eigenvalue weighted by atomic mass is 79.9. The molecule has 2 heterocycles. The fourth-order valence-corrected chi connectivity index (χ4v) is 3.58. The van der Waals surface area contributed by atoms with Gasteiger partial charge in [0.15, 0.2) is 10.5 Å². The second-order valence-corrected chi connectivity index (χ2v) is 6.45. The van der Waals surface area contributed by atoms with E-state index >= 15 is 0 Å². The summed E-state index contributed by atoms with van der Waals surface area (Å²) in [6.07, 6.45) is 1.78. The van der Waals surface area contributed by atoms with Gasteiger partial charge >= 0.3 is 0 Å². The summed E-state index contributed by atoms with van der Waals surface area (Å²) in [7, 11) is 1.91. The van der Waals surface area contributed by atoms with Crippen molar-refractivity contribution in [1.29, 1.82) is 0 Å². The molecule has 0 spiro atoms. The molecule has 0 fully saturated rings. The minimum absolute atomic E-state index is 0.316. The molecular formula is C14H13BrN4OS. The molecule has 0 radical (unpaired) electrons. The summed E-state index contributed by atoms with van der Waals surface area (Å²) in [5.74, 6) is -0.316. The number of nitrogens with zero attached hydrogens (tertiary/aromatic N) is 4. The molecule has 0 aliphatic heterocycles. The standard InChI is InChI=1S/C14H13BrN4OS/c1-3-19-7-6-10(17-19)13(20)16-14-18(2)11-5-4-9(15)8-12(11)21-14/h4-8H,3H2,1-2H3. The fraction of sp³-hybridized carbons (Fsp3) is 0.214. The lowest BCUT2D eigenvalue weighted by molar-refractivity contribution is 0.0992. The van der Waals surface area contributed by atoms with Crippen LogP contribution < -0.4 is 4.80 Å². The van der Waals surface area contributed by atoms with Crippen LogP contribution in [0.4, 0.5) is 0 Å². The van der Waals surface area contributed by atoms with E-state index in [-0.39, 0.29) is 5.91 Å². The number of carbonyl (C=O) groups excluding carboxylic acids is 1. The van der Waals surface area contributed by atoms with Crippen LogP contribution in [0.2, 0.25) is 0 Å². The summed E-state index contributed by atoms with van der Waals surface area (Å²) < 4.78 is 5.72. The lowest BCUT2D eigenvalue weighted by Gasteiger charge is -1.95. The zero-order chi connectivity index (χ0) is 15.0. The number of aromatic nitrogens is 3. The van der Waals surface area contributed by atoms with Crippen molar-refractivity contribution in [3.05, 3.63) is 45.4 Å². The fourth-order valence-electron chi connectivity index (χ4n) is 2.01. The van der Waals surface area contributed by atoms with Crippen molar-refractivity contribution in [2.75, 3.05) is 0 Å². The van der Waals surface area contributed by atoms with E-state index < -0.39 is 0 Å². The Labute approximate surface area is 133 Å². The van der Waals surface area contributed by atoms with Crippen molar-refractivity contribution in [3.8, 4) is 0 Å². The maximum absolute atomic E-state index is 12.2. The Morgan fingerprint density at radius 3 is 2.95 bits per heavy atom. The molecular weight excluding hydrogens is 352 g/mol. The summed E-state index contributed by atoms with van der Waals surface area (Å²) in [4.78, 5) is 17.0. The van der Waals surface area contributed by atoms with Gasteiger partial charge in [0.2, 0.25) is 0 Å². The molecule has 3 aromatic rings. The molecule has 21 heavy (non-hydrogen) atoms. The van der Waals surface area contributed by atoms with E-state index in [4.69, 9.17) is 0 Å². The number of halogens is 1. The number of aryl methyl sites for hydroxylation is 2. The quantitative estimate of drug-likeness (QED) is 0.701. The third kappa shape index (κ3) is 2.71. The van der Waals surface area contributed by atoms with Crippen LogP contribution in [0, 0.1) is 0 Å². The Balaban J connectivity index is 2.06. The topological polar surface area (TPSA) is 52.2 Å². The number of hydrogen-bond acceptors (Lipinski definition) is 3. The highest BCUT2D eigenvalue weighted by Crippen LogP contribution is 2.21. The van der Waals surface area contributed by atoms with Crippen molar-refractivity contribution >= 4 is 43.4 Å². The molecule has 3 rings (SSSR count). The van der Waals surface area contributed by atoms with Gasteiger partial charge in [-0.2, -0.15) is 10.1 Å². The van der Waals surface area contributed by atoms with Crippen LogP contribution in [0.1, 0.15) is 17.4 Å². The van der Waals surface area contributed by atoms with Gasteiger partial charge < -0.3 is 4.57 Å². The van der Waals surface area contributed by atoms with Crippen LogP contribution in [0.15, 0.2) is 39.9 Å². The Morgan fingerprint density at radius 2 is 2.24 bits per heavy atom. The average molecular weight is 365 g/mol. The highest BCUT2D eigenvalue weighted by Gasteiger charge is 2.10. The van der Waals surface area contributed by atoms with Gasteiger partial charge in [0.25, 0.3) is 5.91 Å². The van der Waals surface area contributed by atoms with E-state index in [1.165, 1.54) is 11.3 Å². The smallest absolute Gasteiger partial charge is 0.300 e. The number of carbonyl (C=O) groups is 1. The molecule has 5 nitrogen and oxygen atoms in total. The van der Waals surface area contributed by atoms with Gasteiger partial charge in [-0.25, -0.2) is 0 Å². The molecule has 0 unspecified atom stereocenters. The first-order valence-electron chi connectivity index (χ1n) is 6.46. The van der Waals surface area contributed by atoms with Gasteiger partial charge in [0.05, 0.1) is 10.2 Å². The monoisotopic (exact) mass is 364 g/mol. The predicted molar refractivity (Wildman–Crippen MR) is 86.3 cm³/mol. The normalized spacial score (nSPS) is 12.2. The first-order chi connectivity index (χ1) is 10.1. The molecule has 0 aliphatic carbocycles. The summed E-state index contributed by atoms with van der Waals surface area (Å²) in [6, 6.07) is 7.70. The lowest BCUT2D eigenvalue weighted by Crippen LogP contribution is -2.13. The Kier molecular flexibility index (Phi) is 3.77. The number of thiazole rings is 1. The first-order valence-corrected chi connectivity index (χ1v) is 8.07. The number of rotatable bonds is 2. The predicted octanol–water partition coefficient (Wildman–Crippen LogP) is 2.96. The van der Waals surface area contributed by atoms with Crippen LogP contribution >= 0.6 is 27.3 Å². The molecule has 0 atom stereocenters. The minimum Gasteiger partial charge on any atom is -0.319 e. The van der Waals surface area contributed by atoms with Crippen molar-refractivity contribution < 1.29 is 4.79 Å². The molecule has 108 valence electrons. The van der Waals surface area contributed by atoms with Crippen molar-refractivity contribution in [3.63, 3.8) is 0 Å². The van der Waals surface area contributed by atoms with Crippen molar-refractivity contribution in [2.45, 2.75) is 13.5 Å². The van der Waals surface area contributed by atoms with E-state index in [9.17, 15) is 4.79 Å². The van der Waals surface area contributed by atoms with Crippen molar-refractivity contribution in [2.24, 2.45) is 12.0 Å². The summed E-state index contributed by atoms with van der Waals surface area (Å²) in [5.41, 5.74) is 1.42. The van der Waals surface area contributed by atoms with Crippen molar-refractivity contribution in [1.82, 2.24) is 14.3 Å². The molecule has 0 bridgehead atoms. The van der Waals surface area contributed by atoms with Crippen LogP contribution in [0.5, 0.6) is 0 Å². The van der Waals surface area contributed by atoms with Gasteiger partial charge in [0.1, 0.15) is 0 Å². The molecule has 0 aliphatic rings. The summed E-state index contributed by atoms with van der Waals surface area (Å²) in [5, 5.41) is 4.18. The van der Waals surface area contributed by atoms with Crippen LogP contribution in [0.3, 0.4) is 0 Å². The zero-order valence-corrected chi connectivity index (χ0v) is 14.0. The van der Waals surface area contributed by atoms with E-state index in [0.717, 1.165) is 21.2 Å². The van der Waals surface area contributed by atoms with Gasteiger partial charge in [-0.15, -0.1) is 0 Å². The Hall–Kier alpha value is -1.73. The van der Waals surface area contributed by atoms with Gasteiger partial charge in [0, 0.05) is 24.3 Å². The maximum Gasteiger partial charge on any atom is 0.300 e. The largest absolute Gasteiger partial charge is 0.319 e. The number of benzene rings is 1. The molecule has 0 saturated carbocycles. The molecule has 2 aromatic heterocycles. The van der Waals surface area contributed by atoms with Gasteiger partial charge in [-0.1, -0.05) is 27.3 Å². The summed E-state index contributed by atoms with van der Waals surface area (Å²) >= 11 is 4.94. The van der Waals surface area contributed by atoms with Gasteiger partial charge in [-0.3, -0.25) is 9.48 Å². The third-order valence-electron chi connectivity index (χ3n) is 3.15. The van der Waals surface area contributed by atoms with E-state index in [1.54, 1.807) is 16.9 Å². The van der Waals surface area contributed by atoms with E-state index in [0.29, 0.717) is 10.5 Å². The zero-order valence-electron chi connectivity index (χ0n) is 11.6. The molecule has 0 saturated heterocycles. The maximum atomic E-state index is 12.2. The molecule has 7 heteroatoms. The third-order valence-corrected chi connectivity index (χ3v) is 4.74. The molecule has 1 aromatic carbocycles. The second-order valence-electron chi connectivity index (χ2n) is 4.53. The number of fused-ring (bicyclic) bond motifs is 1. The van der Waals surface area contributed by atoms with Crippen LogP contribution in [-0.2, 0) is 13.6 Å². The Bertz CT molecular complexity index is 890. The Morgan fingerprint density at radius 1 is 1.43 bits per heavy atom. The first kappa shape index (κ1) is 14.2. The second kappa shape index (κ2) is 5.57. The van der Waals surface area contributed by atoms with Crippen LogP contribution in [0.25, 0.3) is 10.2 Å². The SMILES string of the molecule is CCn1ccc(C(=O)N=c2sc3cc(Br)ccc3n2C)n1. The van der Waals surface area contributed by atoms with E-state index in [2.05, 4.69) is 26.0 Å². The van der Waals surface area contributed by atoms with Gasteiger partial charge in [-0.05, 0) is 31.2 Å². The minimum atomic E-state index is -0.316. The molecule has 1 amide bonds. The summed E-state index contributed by atoms with van der Waals surface area (Å²) in [6.45, 7) is 2.71.